The van der Waals surface area contributed by atoms with Gasteiger partial charge in [0.15, 0.2) is 0 Å². The fourth-order valence-corrected chi connectivity index (χ4v) is 5.54. The van der Waals surface area contributed by atoms with Gasteiger partial charge in [0, 0.05) is 51.3 Å². The SMILES string of the molecule is COCCN1C[C@H]2C[C@@H](C1)[C@H](CNC(=O)c1ccc(C)cc1)N1C(=O)CCC[C@@H]21. The summed E-state index contributed by atoms with van der Waals surface area (Å²) in [6.07, 6.45) is 3.88. The largest absolute Gasteiger partial charge is 0.383 e. The Labute approximate surface area is 173 Å². The van der Waals surface area contributed by atoms with Crippen LogP contribution in [0.15, 0.2) is 24.3 Å². The molecule has 3 aliphatic rings. The summed E-state index contributed by atoms with van der Waals surface area (Å²) in [7, 11) is 1.75. The van der Waals surface area contributed by atoms with Crippen molar-refractivity contribution in [1.82, 2.24) is 15.1 Å². The molecule has 4 rings (SSSR count). The van der Waals surface area contributed by atoms with Crippen LogP contribution in [0.2, 0.25) is 0 Å². The summed E-state index contributed by atoms with van der Waals surface area (Å²) in [6.45, 7) is 6.25. The lowest BCUT2D eigenvalue weighted by atomic mass is 9.72. The van der Waals surface area contributed by atoms with Crippen molar-refractivity contribution in [3.8, 4) is 0 Å². The molecule has 0 aromatic heterocycles. The highest BCUT2D eigenvalue weighted by atomic mass is 16.5. The maximum atomic E-state index is 12.9. The number of benzene rings is 1. The van der Waals surface area contributed by atoms with E-state index >= 15 is 0 Å². The zero-order valence-electron chi connectivity index (χ0n) is 17.6. The van der Waals surface area contributed by atoms with Crippen LogP contribution in [0.5, 0.6) is 0 Å². The Morgan fingerprint density at radius 3 is 2.72 bits per heavy atom. The standard InChI is InChI=1S/C23H33N3O3/c1-16-6-8-17(9-7-16)23(28)24-13-21-19-12-18(14-25(15-19)10-11-29-2)20-4-3-5-22(27)26(20)21/h6-9,18-21H,3-5,10-15H2,1-2H3,(H,24,28)/t18-,19+,20+,21+/m1/s1. The van der Waals surface area contributed by atoms with Crippen LogP contribution in [-0.4, -0.2) is 73.6 Å². The van der Waals surface area contributed by atoms with Crippen molar-refractivity contribution in [1.29, 1.82) is 0 Å². The molecule has 29 heavy (non-hydrogen) atoms. The van der Waals surface area contributed by atoms with Crippen molar-refractivity contribution in [3.63, 3.8) is 0 Å². The van der Waals surface area contributed by atoms with Crippen LogP contribution in [0.1, 0.15) is 41.6 Å². The topological polar surface area (TPSA) is 61.9 Å². The highest BCUT2D eigenvalue weighted by Crippen LogP contribution is 2.41. The maximum absolute atomic E-state index is 12.9. The predicted molar refractivity (Wildman–Crippen MR) is 112 cm³/mol. The minimum absolute atomic E-state index is 0.0554. The second-order valence-corrected chi connectivity index (χ2v) is 8.91. The second-order valence-electron chi connectivity index (χ2n) is 8.91. The number of hydrogen-bond donors (Lipinski definition) is 1. The van der Waals surface area contributed by atoms with E-state index in [0.717, 1.165) is 51.1 Å². The first-order chi connectivity index (χ1) is 14.1. The number of methoxy groups -OCH3 is 1. The summed E-state index contributed by atoms with van der Waals surface area (Å²) in [5.41, 5.74) is 1.82. The molecular weight excluding hydrogens is 366 g/mol. The number of ether oxygens (including phenoxy) is 1. The van der Waals surface area contributed by atoms with Gasteiger partial charge < -0.3 is 19.9 Å². The molecular formula is C23H33N3O3. The van der Waals surface area contributed by atoms with Gasteiger partial charge >= 0.3 is 0 Å². The van der Waals surface area contributed by atoms with Crippen molar-refractivity contribution < 1.29 is 14.3 Å². The molecule has 1 N–H and O–H groups in total. The van der Waals surface area contributed by atoms with Crippen LogP contribution < -0.4 is 5.32 Å². The third kappa shape index (κ3) is 4.33. The number of rotatable bonds is 6. The first-order valence-electron chi connectivity index (χ1n) is 10.9. The molecule has 0 unspecified atom stereocenters. The molecule has 3 heterocycles. The summed E-state index contributed by atoms with van der Waals surface area (Å²) < 4.78 is 5.29. The average Bonchev–Trinajstić information content (AvgIpc) is 2.73. The lowest BCUT2D eigenvalue weighted by Crippen LogP contribution is -2.67. The fourth-order valence-electron chi connectivity index (χ4n) is 5.54. The van der Waals surface area contributed by atoms with E-state index in [-0.39, 0.29) is 17.9 Å². The fraction of sp³-hybridized carbons (Fsp3) is 0.652. The van der Waals surface area contributed by atoms with Crippen LogP contribution in [0, 0.1) is 18.8 Å². The molecule has 6 nitrogen and oxygen atoms in total. The van der Waals surface area contributed by atoms with Gasteiger partial charge in [-0.05, 0) is 50.2 Å². The smallest absolute Gasteiger partial charge is 0.251 e. The molecule has 6 heteroatoms. The van der Waals surface area contributed by atoms with Crippen LogP contribution in [0.4, 0.5) is 0 Å². The predicted octanol–water partition coefficient (Wildman–Crippen LogP) is 2.07. The lowest BCUT2D eigenvalue weighted by Gasteiger charge is -2.56. The van der Waals surface area contributed by atoms with Gasteiger partial charge in [-0.1, -0.05) is 17.7 Å². The minimum atomic E-state index is -0.0554. The zero-order valence-corrected chi connectivity index (χ0v) is 17.6. The van der Waals surface area contributed by atoms with E-state index in [1.54, 1.807) is 7.11 Å². The molecule has 3 fully saturated rings. The number of carbonyl (C=O) groups excluding carboxylic acids is 2. The Morgan fingerprint density at radius 1 is 1.21 bits per heavy atom. The van der Waals surface area contributed by atoms with Crippen molar-refractivity contribution in [2.45, 2.75) is 44.7 Å². The first-order valence-corrected chi connectivity index (χ1v) is 10.9. The number of nitrogens with zero attached hydrogens (tertiary/aromatic N) is 2. The normalized spacial score (nSPS) is 29.4. The Balaban J connectivity index is 1.48. The van der Waals surface area contributed by atoms with Crippen molar-refractivity contribution in [2.24, 2.45) is 11.8 Å². The molecule has 3 aliphatic heterocycles. The van der Waals surface area contributed by atoms with E-state index < -0.39 is 0 Å². The number of piperidine rings is 3. The van der Waals surface area contributed by atoms with Gasteiger partial charge in [-0.3, -0.25) is 9.59 Å². The van der Waals surface area contributed by atoms with Crippen LogP contribution in [-0.2, 0) is 9.53 Å². The van der Waals surface area contributed by atoms with Gasteiger partial charge in [0.25, 0.3) is 5.91 Å². The van der Waals surface area contributed by atoms with Crippen LogP contribution in [0.3, 0.4) is 0 Å². The van der Waals surface area contributed by atoms with Crippen molar-refractivity contribution >= 4 is 11.8 Å². The third-order valence-electron chi connectivity index (χ3n) is 6.97. The molecule has 2 amide bonds. The van der Waals surface area contributed by atoms with E-state index in [4.69, 9.17) is 4.74 Å². The number of amides is 2. The highest BCUT2D eigenvalue weighted by molar-refractivity contribution is 5.94. The van der Waals surface area contributed by atoms with E-state index in [1.165, 1.54) is 0 Å². The number of carbonyl (C=O) groups is 2. The van der Waals surface area contributed by atoms with Gasteiger partial charge in [-0.2, -0.15) is 0 Å². The molecule has 0 radical (unpaired) electrons. The lowest BCUT2D eigenvalue weighted by molar-refractivity contribution is -0.152. The summed E-state index contributed by atoms with van der Waals surface area (Å²) in [4.78, 5) is 30.2. The molecule has 158 valence electrons. The average molecular weight is 400 g/mol. The number of hydrogen-bond acceptors (Lipinski definition) is 4. The number of aryl methyl sites for hydroxylation is 1. The molecule has 0 saturated carbocycles. The van der Waals surface area contributed by atoms with Gasteiger partial charge in [-0.15, -0.1) is 0 Å². The molecule has 2 bridgehead atoms. The Kier molecular flexibility index (Phi) is 6.20. The van der Waals surface area contributed by atoms with Crippen LogP contribution >= 0.6 is 0 Å². The van der Waals surface area contributed by atoms with Gasteiger partial charge in [-0.25, -0.2) is 0 Å². The second kappa shape index (κ2) is 8.84. The molecule has 1 aromatic rings. The maximum Gasteiger partial charge on any atom is 0.251 e. The van der Waals surface area contributed by atoms with Gasteiger partial charge in [0.1, 0.15) is 0 Å². The Hall–Kier alpha value is -1.92. The number of likely N-dealkylation sites (tertiary alicyclic amines) is 1. The molecule has 4 atom stereocenters. The minimum Gasteiger partial charge on any atom is -0.383 e. The van der Waals surface area contributed by atoms with Crippen LogP contribution in [0.25, 0.3) is 0 Å². The van der Waals surface area contributed by atoms with Crippen molar-refractivity contribution in [2.75, 3.05) is 39.9 Å². The summed E-state index contributed by atoms with van der Waals surface area (Å²) >= 11 is 0. The quantitative estimate of drug-likeness (QED) is 0.796. The molecule has 3 saturated heterocycles. The van der Waals surface area contributed by atoms with Gasteiger partial charge in [0.05, 0.1) is 12.6 Å². The first kappa shape index (κ1) is 20.4. The van der Waals surface area contributed by atoms with E-state index in [9.17, 15) is 9.59 Å². The van der Waals surface area contributed by atoms with E-state index in [1.807, 2.05) is 31.2 Å². The molecule has 1 aromatic carbocycles. The van der Waals surface area contributed by atoms with E-state index in [2.05, 4.69) is 15.1 Å². The van der Waals surface area contributed by atoms with Crippen molar-refractivity contribution in [3.05, 3.63) is 35.4 Å². The Morgan fingerprint density at radius 2 is 1.97 bits per heavy atom. The zero-order chi connectivity index (χ0) is 20.4. The summed E-state index contributed by atoms with van der Waals surface area (Å²) in [5, 5.41) is 3.13. The monoisotopic (exact) mass is 399 g/mol. The molecule has 0 spiro atoms. The molecule has 0 aliphatic carbocycles. The Bertz CT molecular complexity index is 735. The van der Waals surface area contributed by atoms with Gasteiger partial charge in [0.2, 0.25) is 5.91 Å². The third-order valence-corrected chi connectivity index (χ3v) is 6.97. The summed E-state index contributed by atoms with van der Waals surface area (Å²) in [6, 6.07) is 8.05. The number of fused-ring (bicyclic) bond motifs is 4. The summed E-state index contributed by atoms with van der Waals surface area (Å²) in [5.74, 6) is 1.16. The number of nitrogens with one attached hydrogen (secondary N) is 1. The highest BCUT2D eigenvalue weighted by Gasteiger charge is 2.49. The van der Waals surface area contributed by atoms with E-state index in [0.29, 0.717) is 36.4 Å².